The van der Waals surface area contributed by atoms with Crippen molar-refractivity contribution >= 4 is 21.6 Å². The molecule has 0 radical (unpaired) electrons. The average molecular weight is 317 g/mol. The van der Waals surface area contributed by atoms with Crippen molar-refractivity contribution in [3.8, 4) is 0 Å². The van der Waals surface area contributed by atoms with E-state index in [0.717, 1.165) is 32.2 Å². The molecule has 2 fully saturated rings. The highest BCUT2D eigenvalue weighted by atomic mass is 79.9. The summed E-state index contributed by atoms with van der Waals surface area (Å²) in [6.45, 7) is 3.44. The number of hydrogen-bond donors (Lipinski definition) is 0. The topological polar surface area (TPSA) is 6.48 Å². The van der Waals surface area contributed by atoms with Crippen LogP contribution in [-0.4, -0.2) is 37.1 Å². The van der Waals surface area contributed by atoms with Crippen LogP contribution in [0.15, 0.2) is 16.6 Å². The van der Waals surface area contributed by atoms with Gasteiger partial charge in [0.15, 0.2) is 11.6 Å². The summed E-state index contributed by atoms with van der Waals surface area (Å²) in [5.41, 5.74) is 0.381. The fourth-order valence-electron chi connectivity index (χ4n) is 2.53. The van der Waals surface area contributed by atoms with Gasteiger partial charge in [-0.15, -0.1) is 0 Å². The van der Waals surface area contributed by atoms with Gasteiger partial charge in [-0.3, -0.25) is 4.90 Å². The van der Waals surface area contributed by atoms with Crippen molar-refractivity contribution in [3.05, 3.63) is 28.2 Å². The summed E-state index contributed by atoms with van der Waals surface area (Å²) in [6.07, 6.45) is 2.59. The third-order valence-corrected chi connectivity index (χ3v) is 4.35. The van der Waals surface area contributed by atoms with Crippen LogP contribution in [0.25, 0.3) is 0 Å². The lowest BCUT2D eigenvalue weighted by Gasteiger charge is -2.36. The van der Waals surface area contributed by atoms with Gasteiger partial charge >= 0.3 is 0 Å². The number of hydrogen-bond acceptors (Lipinski definition) is 2. The molecule has 0 spiro atoms. The molecule has 1 heterocycles. The Morgan fingerprint density at radius 2 is 1.67 bits per heavy atom. The Morgan fingerprint density at radius 1 is 1.00 bits per heavy atom. The summed E-state index contributed by atoms with van der Waals surface area (Å²) < 4.78 is 27.5. The Morgan fingerprint density at radius 3 is 2.28 bits per heavy atom. The molecule has 0 N–H and O–H groups in total. The molecule has 0 atom stereocenters. The van der Waals surface area contributed by atoms with Gasteiger partial charge in [-0.25, -0.2) is 8.78 Å². The standard InChI is InChI=1S/C13H15BrF2N2/c14-10-3-4-11(13(16)12(10)15)18-7-5-17(6-8-18)9-1-2-9/h3-4,9H,1-2,5-8H2. The van der Waals surface area contributed by atoms with Crippen LogP contribution < -0.4 is 4.90 Å². The Kier molecular flexibility index (Phi) is 3.28. The lowest BCUT2D eigenvalue weighted by molar-refractivity contribution is 0.247. The van der Waals surface area contributed by atoms with E-state index in [1.165, 1.54) is 12.8 Å². The van der Waals surface area contributed by atoms with Crippen LogP contribution >= 0.6 is 15.9 Å². The molecule has 98 valence electrons. The monoisotopic (exact) mass is 316 g/mol. The van der Waals surface area contributed by atoms with Gasteiger partial charge in [0.1, 0.15) is 0 Å². The van der Waals surface area contributed by atoms with E-state index < -0.39 is 11.6 Å². The number of halogens is 3. The van der Waals surface area contributed by atoms with Crippen LogP contribution in [0.5, 0.6) is 0 Å². The van der Waals surface area contributed by atoms with Crippen LogP contribution in [0.3, 0.4) is 0 Å². The molecule has 1 aromatic rings. The Labute approximate surface area is 114 Å². The van der Waals surface area contributed by atoms with Crippen LogP contribution in [-0.2, 0) is 0 Å². The van der Waals surface area contributed by atoms with Crippen molar-refractivity contribution in [2.45, 2.75) is 18.9 Å². The maximum atomic E-state index is 13.9. The van der Waals surface area contributed by atoms with Crippen molar-refractivity contribution in [1.82, 2.24) is 4.90 Å². The molecule has 0 unspecified atom stereocenters. The third-order valence-electron chi connectivity index (χ3n) is 3.73. The van der Waals surface area contributed by atoms with Crippen LogP contribution in [0.4, 0.5) is 14.5 Å². The van der Waals surface area contributed by atoms with Crippen LogP contribution in [0.1, 0.15) is 12.8 Å². The van der Waals surface area contributed by atoms with Gasteiger partial charge in [-0.2, -0.15) is 0 Å². The van der Waals surface area contributed by atoms with Crippen LogP contribution in [0.2, 0.25) is 0 Å². The van der Waals surface area contributed by atoms with Crippen molar-refractivity contribution in [2.75, 3.05) is 31.1 Å². The summed E-state index contributed by atoms with van der Waals surface area (Å²) in [7, 11) is 0. The van der Waals surface area contributed by atoms with Crippen molar-refractivity contribution < 1.29 is 8.78 Å². The van der Waals surface area contributed by atoms with Crippen molar-refractivity contribution in [2.24, 2.45) is 0 Å². The number of piperazine rings is 1. The minimum Gasteiger partial charge on any atom is -0.367 e. The molecule has 1 aliphatic heterocycles. The van der Waals surface area contributed by atoms with E-state index in [9.17, 15) is 8.78 Å². The Balaban J connectivity index is 1.74. The quantitative estimate of drug-likeness (QED) is 0.774. The van der Waals surface area contributed by atoms with E-state index in [0.29, 0.717) is 5.69 Å². The van der Waals surface area contributed by atoms with Crippen molar-refractivity contribution in [1.29, 1.82) is 0 Å². The molecule has 1 saturated carbocycles. The van der Waals surface area contributed by atoms with E-state index in [-0.39, 0.29) is 4.47 Å². The SMILES string of the molecule is Fc1c(Br)ccc(N2CCN(C3CC3)CC2)c1F. The van der Waals surface area contributed by atoms with Gasteiger partial charge in [-0.05, 0) is 40.9 Å². The molecule has 1 aliphatic carbocycles. The predicted octanol–water partition coefficient (Wildman–Crippen LogP) is 3.01. The molecule has 18 heavy (non-hydrogen) atoms. The van der Waals surface area contributed by atoms with E-state index in [1.807, 2.05) is 4.90 Å². The van der Waals surface area contributed by atoms with E-state index in [2.05, 4.69) is 20.8 Å². The molecular formula is C13H15BrF2N2. The first-order valence-corrected chi connectivity index (χ1v) is 7.08. The summed E-state index contributed by atoms with van der Waals surface area (Å²) in [5.74, 6) is -1.54. The molecule has 0 bridgehead atoms. The highest BCUT2D eigenvalue weighted by Crippen LogP contribution is 2.31. The second-order valence-electron chi connectivity index (χ2n) is 4.95. The van der Waals surface area contributed by atoms with Gasteiger partial charge in [0, 0.05) is 32.2 Å². The minimum atomic E-state index is -0.794. The first-order valence-electron chi connectivity index (χ1n) is 6.29. The van der Waals surface area contributed by atoms with E-state index in [1.54, 1.807) is 12.1 Å². The lowest BCUT2D eigenvalue weighted by Crippen LogP contribution is -2.47. The first kappa shape index (κ1) is 12.4. The molecule has 5 heteroatoms. The molecular weight excluding hydrogens is 302 g/mol. The molecule has 0 aromatic heterocycles. The van der Waals surface area contributed by atoms with Gasteiger partial charge in [0.25, 0.3) is 0 Å². The molecule has 1 aromatic carbocycles. The van der Waals surface area contributed by atoms with Crippen LogP contribution in [0, 0.1) is 11.6 Å². The third kappa shape index (κ3) is 2.26. The second-order valence-corrected chi connectivity index (χ2v) is 5.80. The summed E-state index contributed by atoms with van der Waals surface area (Å²) in [6, 6.07) is 3.97. The maximum absolute atomic E-state index is 13.9. The van der Waals surface area contributed by atoms with Gasteiger partial charge in [-0.1, -0.05) is 0 Å². The van der Waals surface area contributed by atoms with E-state index in [4.69, 9.17) is 0 Å². The maximum Gasteiger partial charge on any atom is 0.183 e. The zero-order valence-corrected chi connectivity index (χ0v) is 11.6. The van der Waals surface area contributed by atoms with Gasteiger partial charge in [0.2, 0.25) is 0 Å². The molecule has 0 amide bonds. The fourth-order valence-corrected chi connectivity index (χ4v) is 2.83. The Bertz CT molecular complexity index is 455. The Hall–Kier alpha value is -0.680. The summed E-state index contributed by atoms with van der Waals surface area (Å²) in [5, 5.41) is 0. The molecule has 2 nitrogen and oxygen atoms in total. The molecule has 3 rings (SSSR count). The highest BCUT2D eigenvalue weighted by Gasteiger charge is 2.31. The summed E-state index contributed by atoms with van der Waals surface area (Å²) in [4.78, 5) is 4.38. The molecule has 1 saturated heterocycles. The molecule has 2 aliphatic rings. The smallest absolute Gasteiger partial charge is 0.183 e. The number of nitrogens with zero attached hydrogens (tertiary/aromatic N) is 2. The number of anilines is 1. The van der Waals surface area contributed by atoms with Gasteiger partial charge < -0.3 is 4.90 Å². The predicted molar refractivity (Wildman–Crippen MR) is 70.9 cm³/mol. The average Bonchev–Trinajstić information content (AvgIpc) is 3.21. The first-order chi connectivity index (χ1) is 8.66. The number of benzene rings is 1. The lowest BCUT2D eigenvalue weighted by atomic mass is 10.2. The number of rotatable bonds is 2. The normalized spacial score (nSPS) is 21.4. The fraction of sp³-hybridized carbons (Fsp3) is 0.538. The second kappa shape index (κ2) is 4.78. The largest absolute Gasteiger partial charge is 0.367 e. The van der Waals surface area contributed by atoms with Crippen molar-refractivity contribution in [3.63, 3.8) is 0 Å². The zero-order chi connectivity index (χ0) is 12.7. The minimum absolute atomic E-state index is 0.181. The zero-order valence-electron chi connectivity index (χ0n) is 10.0. The van der Waals surface area contributed by atoms with Gasteiger partial charge in [0.05, 0.1) is 10.2 Å². The van der Waals surface area contributed by atoms with E-state index >= 15 is 0 Å². The highest BCUT2D eigenvalue weighted by molar-refractivity contribution is 9.10. The summed E-state index contributed by atoms with van der Waals surface area (Å²) >= 11 is 3.00.